The zero-order valence-electron chi connectivity index (χ0n) is 11.5. The highest BCUT2D eigenvalue weighted by Gasteiger charge is 2.57. The molecule has 0 amide bonds. The number of sulfone groups is 1. The predicted molar refractivity (Wildman–Crippen MR) is 84.3 cm³/mol. The number of nitrogens with two attached hydrogens (primary N) is 1. The molecule has 2 aromatic rings. The van der Waals surface area contributed by atoms with Crippen LogP contribution in [0.3, 0.4) is 0 Å². The van der Waals surface area contributed by atoms with E-state index in [4.69, 9.17) is 17.3 Å². The molecule has 5 heteroatoms. The molecule has 1 aliphatic carbocycles. The van der Waals surface area contributed by atoms with Gasteiger partial charge in [-0.3, -0.25) is 0 Å². The lowest BCUT2D eigenvalue weighted by atomic mass is 10.1. The van der Waals surface area contributed by atoms with E-state index in [1.54, 1.807) is 36.4 Å². The lowest BCUT2D eigenvalue weighted by Gasteiger charge is -2.05. The molecule has 3 rings (SSSR count). The Labute approximate surface area is 129 Å². The van der Waals surface area contributed by atoms with Gasteiger partial charge in [-0.15, -0.1) is 0 Å². The molecule has 0 spiro atoms. The van der Waals surface area contributed by atoms with E-state index in [0.717, 1.165) is 11.1 Å². The maximum atomic E-state index is 12.7. The van der Waals surface area contributed by atoms with Crippen molar-refractivity contribution < 1.29 is 8.42 Å². The van der Waals surface area contributed by atoms with Crippen LogP contribution in [-0.2, 0) is 9.84 Å². The fraction of sp³-hybridized carbons (Fsp3) is 0.250. The molecule has 2 aromatic carbocycles. The Hall–Kier alpha value is -1.36. The van der Waals surface area contributed by atoms with Crippen molar-refractivity contribution in [3.63, 3.8) is 0 Å². The number of aryl methyl sites for hydroxylation is 1. The first-order chi connectivity index (χ1) is 9.91. The van der Waals surface area contributed by atoms with E-state index < -0.39 is 15.1 Å². The van der Waals surface area contributed by atoms with Gasteiger partial charge in [0.25, 0.3) is 0 Å². The summed E-state index contributed by atoms with van der Waals surface area (Å²) in [6.07, 6.45) is 0. The van der Waals surface area contributed by atoms with Crippen molar-refractivity contribution in [3.05, 3.63) is 64.7 Å². The van der Waals surface area contributed by atoms with Gasteiger partial charge in [0.15, 0.2) is 9.84 Å². The van der Waals surface area contributed by atoms with Crippen LogP contribution in [-0.4, -0.2) is 19.7 Å². The second-order valence-corrected chi connectivity index (χ2v) is 8.02. The highest BCUT2D eigenvalue weighted by Crippen LogP contribution is 2.47. The molecule has 3 atom stereocenters. The fourth-order valence-corrected chi connectivity index (χ4v) is 4.96. The Kier molecular flexibility index (Phi) is 3.56. The number of halogens is 1. The van der Waals surface area contributed by atoms with Gasteiger partial charge in [-0.05, 0) is 36.8 Å². The van der Waals surface area contributed by atoms with Gasteiger partial charge in [-0.2, -0.15) is 0 Å². The van der Waals surface area contributed by atoms with Crippen LogP contribution in [0.4, 0.5) is 0 Å². The summed E-state index contributed by atoms with van der Waals surface area (Å²) in [5, 5.41) is 0.0248. The molecule has 0 bridgehead atoms. The Balaban J connectivity index is 1.93. The van der Waals surface area contributed by atoms with Crippen LogP contribution in [0.25, 0.3) is 0 Å². The lowest BCUT2D eigenvalue weighted by molar-refractivity contribution is 0.593. The average molecular weight is 322 g/mol. The molecule has 110 valence electrons. The largest absolute Gasteiger partial charge is 0.326 e. The third kappa shape index (κ3) is 2.59. The van der Waals surface area contributed by atoms with E-state index >= 15 is 0 Å². The van der Waals surface area contributed by atoms with E-state index in [2.05, 4.69) is 0 Å². The SMILES string of the molecule is Cc1ccc(S(=O)(=O)[C@@H]2[C@@H](N)[C@@H]2c2cccc(Cl)c2)cc1. The van der Waals surface area contributed by atoms with E-state index in [0.29, 0.717) is 9.92 Å². The van der Waals surface area contributed by atoms with Crippen molar-refractivity contribution >= 4 is 21.4 Å². The van der Waals surface area contributed by atoms with Crippen LogP contribution in [0.5, 0.6) is 0 Å². The normalized spacial score (nSPS) is 24.8. The van der Waals surface area contributed by atoms with Gasteiger partial charge in [0.2, 0.25) is 0 Å². The Morgan fingerprint density at radius 3 is 2.38 bits per heavy atom. The molecule has 0 heterocycles. The molecular weight excluding hydrogens is 306 g/mol. The van der Waals surface area contributed by atoms with E-state index in [1.807, 2.05) is 19.1 Å². The van der Waals surface area contributed by atoms with Crippen LogP contribution in [0.1, 0.15) is 17.0 Å². The Morgan fingerprint density at radius 1 is 1.10 bits per heavy atom. The number of hydrogen-bond acceptors (Lipinski definition) is 3. The van der Waals surface area contributed by atoms with Crippen molar-refractivity contribution in [1.29, 1.82) is 0 Å². The third-order valence-corrected chi connectivity index (χ3v) is 6.44. The van der Waals surface area contributed by atoms with Crippen LogP contribution in [0.15, 0.2) is 53.4 Å². The summed E-state index contributed by atoms with van der Waals surface area (Å²) in [5.74, 6) is -0.185. The first-order valence-electron chi connectivity index (χ1n) is 6.73. The maximum absolute atomic E-state index is 12.7. The molecule has 1 fully saturated rings. The minimum Gasteiger partial charge on any atom is -0.326 e. The quantitative estimate of drug-likeness (QED) is 0.945. The van der Waals surface area contributed by atoms with Crippen molar-refractivity contribution in [2.24, 2.45) is 5.73 Å². The monoisotopic (exact) mass is 321 g/mol. The number of benzene rings is 2. The van der Waals surface area contributed by atoms with Gasteiger partial charge in [0, 0.05) is 17.0 Å². The molecule has 0 saturated heterocycles. The van der Waals surface area contributed by atoms with Crippen LogP contribution in [0.2, 0.25) is 5.02 Å². The molecule has 3 nitrogen and oxygen atoms in total. The molecule has 1 saturated carbocycles. The first-order valence-corrected chi connectivity index (χ1v) is 8.65. The van der Waals surface area contributed by atoms with Crippen LogP contribution in [0, 0.1) is 6.92 Å². The smallest absolute Gasteiger partial charge is 0.183 e. The lowest BCUT2D eigenvalue weighted by Crippen LogP contribution is -2.15. The average Bonchev–Trinajstić information content (AvgIpc) is 3.12. The second kappa shape index (κ2) is 5.13. The van der Waals surface area contributed by atoms with Gasteiger partial charge in [0.05, 0.1) is 10.1 Å². The molecule has 0 aliphatic heterocycles. The highest BCUT2D eigenvalue weighted by molar-refractivity contribution is 7.92. The minimum atomic E-state index is -3.41. The Bertz CT molecular complexity index is 771. The standard InChI is InChI=1S/C16H16ClNO2S/c1-10-5-7-13(8-6-10)21(19,20)16-14(15(16)18)11-3-2-4-12(17)9-11/h2-9,14-16H,18H2,1H3/t14-,15-,16-/m0/s1. The van der Waals surface area contributed by atoms with Crippen LogP contribution < -0.4 is 5.73 Å². The summed E-state index contributed by atoms with van der Waals surface area (Å²) in [6.45, 7) is 1.92. The second-order valence-electron chi connectivity index (χ2n) is 5.48. The van der Waals surface area contributed by atoms with Gasteiger partial charge >= 0.3 is 0 Å². The summed E-state index contributed by atoms with van der Waals surface area (Å²) in [4.78, 5) is 0.332. The molecule has 1 aliphatic rings. The predicted octanol–water partition coefficient (Wildman–Crippen LogP) is 2.92. The van der Waals surface area contributed by atoms with Gasteiger partial charge in [0.1, 0.15) is 0 Å². The third-order valence-electron chi connectivity index (χ3n) is 3.95. The molecule has 21 heavy (non-hydrogen) atoms. The van der Waals surface area contributed by atoms with E-state index in [1.165, 1.54) is 0 Å². The maximum Gasteiger partial charge on any atom is 0.183 e. The zero-order chi connectivity index (χ0) is 15.2. The zero-order valence-corrected chi connectivity index (χ0v) is 13.1. The fourth-order valence-electron chi connectivity index (χ4n) is 2.72. The first kappa shape index (κ1) is 14.6. The van der Waals surface area contributed by atoms with Crippen LogP contribution >= 0.6 is 11.6 Å². The molecule has 0 unspecified atom stereocenters. The summed E-state index contributed by atoms with van der Waals surface area (Å²) in [6, 6.07) is 13.8. The molecule has 2 N–H and O–H groups in total. The molecule has 0 aromatic heterocycles. The number of hydrogen-bond donors (Lipinski definition) is 1. The highest BCUT2D eigenvalue weighted by atomic mass is 35.5. The van der Waals surface area contributed by atoms with Crippen molar-refractivity contribution in [1.82, 2.24) is 0 Å². The minimum absolute atomic E-state index is 0.185. The van der Waals surface area contributed by atoms with Gasteiger partial charge < -0.3 is 5.73 Å². The van der Waals surface area contributed by atoms with Gasteiger partial charge in [-0.1, -0.05) is 41.4 Å². The number of rotatable bonds is 3. The molecule has 0 radical (unpaired) electrons. The van der Waals surface area contributed by atoms with E-state index in [-0.39, 0.29) is 12.0 Å². The van der Waals surface area contributed by atoms with Crippen molar-refractivity contribution in [2.45, 2.75) is 29.0 Å². The van der Waals surface area contributed by atoms with Crippen molar-refractivity contribution in [3.8, 4) is 0 Å². The van der Waals surface area contributed by atoms with Gasteiger partial charge in [-0.25, -0.2) is 8.42 Å². The summed E-state index contributed by atoms with van der Waals surface area (Å²) in [5.41, 5.74) is 7.94. The topological polar surface area (TPSA) is 60.2 Å². The summed E-state index contributed by atoms with van der Waals surface area (Å²) < 4.78 is 25.3. The summed E-state index contributed by atoms with van der Waals surface area (Å²) in [7, 11) is -3.41. The molecular formula is C16H16ClNO2S. The Morgan fingerprint density at radius 2 is 1.76 bits per heavy atom. The van der Waals surface area contributed by atoms with E-state index in [9.17, 15) is 8.42 Å². The van der Waals surface area contributed by atoms with Crippen molar-refractivity contribution in [2.75, 3.05) is 0 Å². The summed E-state index contributed by atoms with van der Waals surface area (Å²) >= 11 is 5.97.